The second-order valence-electron chi connectivity index (χ2n) is 8.23. The van der Waals surface area contributed by atoms with Crippen molar-refractivity contribution >= 4 is 16.9 Å². The Hall–Kier alpha value is -4.66. The number of carbonyl (C=O) groups excluding carboxylic acids is 1. The number of benzene rings is 3. The predicted molar refractivity (Wildman–Crippen MR) is 129 cm³/mol. The largest absolute Gasteiger partial charge is 0.508 e. The molecule has 0 unspecified atom stereocenters. The van der Waals surface area contributed by atoms with E-state index < -0.39 is 17.3 Å². The van der Waals surface area contributed by atoms with Crippen LogP contribution in [0.1, 0.15) is 23.5 Å². The molecule has 0 aliphatic carbocycles. The van der Waals surface area contributed by atoms with Crippen LogP contribution in [0.2, 0.25) is 0 Å². The lowest BCUT2D eigenvalue weighted by Gasteiger charge is -2.27. The molecule has 0 spiro atoms. The Balaban J connectivity index is 1.76. The standard InChI is InChI=1S/C27H22O9/c1-32-20-8-14(9-21(33-2)26(20)34-3)16-10-22(30)36-19-11-18(29)24-25(31)17(12-35-27(24)23(16)19)13-4-6-15(28)7-5-13/h4-9,11-12,16,28-29H,10H2,1-3H3/t16-/m0/s1. The zero-order chi connectivity index (χ0) is 25.6. The summed E-state index contributed by atoms with van der Waals surface area (Å²) in [5, 5.41) is 20.3. The van der Waals surface area contributed by atoms with Crippen molar-refractivity contribution in [1.82, 2.24) is 0 Å². The number of hydrogen-bond donors (Lipinski definition) is 2. The Morgan fingerprint density at radius 1 is 0.917 bits per heavy atom. The minimum atomic E-state index is -0.597. The van der Waals surface area contributed by atoms with Gasteiger partial charge in [-0.05, 0) is 35.4 Å². The molecule has 0 amide bonds. The molecule has 1 aromatic heterocycles. The first-order chi connectivity index (χ1) is 17.4. The Kier molecular flexibility index (Phi) is 5.68. The average Bonchev–Trinajstić information content (AvgIpc) is 2.87. The molecule has 1 atom stereocenters. The van der Waals surface area contributed by atoms with Gasteiger partial charge in [-0.1, -0.05) is 12.1 Å². The number of carbonyl (C=O) groups is 1. The van der Waals surface area contributed by atoms with E-state index in [2.05, 4.69) is 0 Å². The maximum absolute atomic E-state index is 13.5. The topological polar surface area (TPSA) is 125 Å². The summed E-state index contributed by atoms with van der Waals surface area (Å²) in [6.07, 6.45) is 1.24. The zero-order valence-corrected chi connectivity index (χ0v) is 19.7. The molecule has 3 aromatic carbocycles. The molecule has 0 radical (unpaired) electrons. The first-order valence-corrected chi connectivity index (χ1v) is 11.0. The van der Waals surface area contributed by atoms with Crippen molar-refractivity contribution in [3.63, 3.8) is 0 Å². The lowest BCUT2D eigenvalue weighted by molar-refractivity contribution is -0.135. The summed E-state index contributed by atoms with van der Waals surface area (Å²) < 4.78 is 27.7. The third-order valence-corrected chi connectivity index (χ3v) is 6.24. The lowest BCUT2D eigenvalue weighted by atomic mass is 9.84. The van der Waals surface area contributed by atoms with Gasteiger partial charge in [-0.3, -0.25) is 9.59 Å². The van der Waals surface area contributed by atoms with Gasteiger partial charge < -0.3 is 33.6 Å². The lowest BCUT2D eigenvalue weighted by Crippen LogP contribution is -2.22. The summed E-state index contributed by atoms with van der Waals surface area (Å²) in [5.74, 6) is -0.160. The molecule has 0 saturated heterocycles. The van der Waals surface area contributed by atoms with E-state index in [0.29, 0.717) is 33.9 Å². The molecule has 0 bridgehead atoms. The van der Waals surface area contributed by atoms with Crippen LogP contribution in [0.25, 0.3) is 22.1 Å². The maximum Gasteiger partial charge on any atom is 0.312 e. The smallest absolute Gasteiger partial charge is 0.312 e. The fourth-order valence-electron chi connectivity index (χ4n) is 4.56. The third-order valence-electron chi connectivity index (χ3n) is 6.24. The highest BCUT2D eigenvalue weighted by Crippen LogP contribution is 2.48. The van der Waals surface area contributed by atoms with Crippen LogP contribution < -0.4 is 24.4 Å². The highest BCUT2D eigenvalue weighted by atomic mass is 16.5. The van der Waals surface area contributed by atoms with Crippen LogP contribution in [0.4, 0.5) is 0 Å². The molecule has 1 aliphatic rings. The summed E-state index contributed by atoms with van der Waals surface area (Å²) in [5.41, 5.74) is 1.42. The number of phenols is 2. The fourth-order valence-corrected chi connectivity index (χ4v) is 4.56. The molecule has 2 N–H and O–H groups in total. The number of fused-ring (bicyclic) bond motifs is 3. The van der Waals surface area contributed by atoms with Crippen LogP contribution in [-0.4, -0.2) is 37.5 Å². The average molecular weight is 490 g/mol. The van der Waals surface area contributed by atoms with Crippen molar-refractivity contribution in [2.45, 2.75) is 12.3 Å². The van der Waals surface area contributed by atoms with Gasteiger partial charge in [0.15, 0.2) is 11.5 Å². The van der Waals surface area contributed by atoms with Crippen molar-refractivity contribution in [1.29, 1.82) is 0 Å². The SMILES string of the molecule is COc1cc([C@@H]2CC(=O)Oc3cc(O)c4c(=O)c(-c5ccc(O)cc5)coc4c32)cc(OC)c1OC. The summed E-state index contributed by atoms with van der Waals surface area (Å²) in [4.78, 5) is 26.0. The molecule has 1 aliphatic heterocycles. The van der Waals surface area contributed by atoms with Gasteiger partial charge in [0.05, 0.1) is 33.3 Å². The monoisotopic (exact) mass is 490 g/mol. The van der Waals surface area contributed by atoms with Gasteiger partial charge >= 0.3 is 5.97 Å². The van der Waals surface area contributed by atoms with E-state index in [1.807, 2.05) is 0 Å². The van der Waals surface area contributed by atoms with E-state index in [1.165, 1.54) is 45.8 Å². The van der Waals surface area contributed by atoms with Crippen molar-refractivity contribution in [3.8, 4) is 45.6 Å². The van der Waals surface area contributed by atoms with Crippen LogP contribution >= 0.6 is 0 Å². The molecular formula is C27H22O9. The molecule has 9 nitrogen and oxygen atoms in total. The van der Waals surface area contributed by atoms with Crippen molar-refractivity contribution in [3.05, 3.63) is 70.1 Å². The summed E-state index contributed by atoms with van der Waals surface area (Å²) in [6, 6.07) is 10.7. The number of phenolic OH excluding ortho intramolecular Hbond substituents is 2. The molecule has 0 saturated carbocycles. The maximum atomic E-state index is 13.5. The molecule has 4 aromatic rings. The van der Waals surface area contributed by atoms with Gasteiger partial charge in [-0.15, -0.1) is 0 Å². The van der Waals surface area contributed by atoms with E-state index in [1.54, 1.807) is 24.3 Å². The Bertz CT molecular complexity index is 1530. The Morgan fingerprint density at radius 2 is 1.58 bits per heavy atom. The van der Waals surface area contributed by atoms with Gasteiger partial charge in [0, 0.05) is 17.5 Å². The quantitative estimate of drug-likeness (QED) is 0.310. The Morgan fingerprint density at radius 3 is 2.19 bits per heavy atom. The van der Waals surface area contributed by atoms with Crippen molar-refractivity contribution < 1.29 is 38.4 Å². The molecule has 0 fully saturated rings. The van der Waals surface area contributed by atoms with Gasteiger partial charge in [0.25, 0.3) is 0 Å². The number of methoxy groups -OCH3 is 3. The second kappa shape index (κ2) is 8.84. The minimum absolute atomic E-state index is 0.0466. The number of ether oxygens (including phenoxy) is 4. The van der Waals surface area contributed by atoms with E-state index in [0.717, 1.165) is 0 Å². The van der Waals surface area contributed by atoms with Crippen LogP contribution in [0, 0.1) is 0 Å². The van der Waals surface area contributed by atoms with Crippen molar-refractivity contribution in [2.24, 2.45) is 0 Å². The highest BCUT2D eigenvalue weighted by molar-refractivity contribution is 5.94. The second-order valence-corrected chi connectivity index (χ2v) is 8.23. The fraction of sp³-hybridized carbons (Fsp3) is 0.185. The molecule has 184 valence electrons. The van der Waals surface area contributed by atoms with Crippen LogP contribution in [0.3, 0.4) is 0 Å². The van der Waals surface area contributed by atoms with Crippen LogP contribution in [0.15, 0.2) is 57.9 Å². The van der Waals surface area contributed by atoms with E-state index in [4.69, 9.17) is 23.4 Å². The molecular weight excluding hydrogens is 468 g/mol. The number of rotatable bonds is 5. The van der Waals surface area contributed by atoms with Crippen LogP contribution in [0.5, 0.6) is 34.5 Å². The van der Waals surface area contributed by atoms with Crippen LogP contribution in [-0.2, 0) is 4.79 Å². The first kappa shape index (κ1) is 23.1. The Labute approximate surface area is 205 Å². The number of esters is 1. The highest BCUT2D eigenvalue weighted by Gasteiger charge is 2.34. The van der Waals surface area contributed by atoms with Gasteiger partial charge in [-0.2, -0.15) is 0 Å². The predicted octanol–water partition coefficient (Wildman–Crippen LogP) is 4.34. The molecule has 9 heteroatoms. The van der Waals surface area contributed by atoms with E-state index in [9.17, 15) is 19.8 Å². The van der Waals surface area contributed by atoms with E-state index >= 15 is 0 Å². The summed E-state index contributed by atoms with van der Waals surface area (Å²) in [7, 11) is 4.47. The normalized spacial score (nSPS) is 14.8. The minimum Gasteiger partial charge on any atom is -0.508 e. The van der Waals surface area contributed by atoms with Crippen molar-refractivity contribution in [2.75, 3.05) is 21.3 Å². The number of aromatic hydroxyl groups is 2. The molecule has 36 heavy (non-hydrogen) atoms. The van der Waals surface area contributed by atoms with Gasteiger partial charge in [0.1, 0.15) is 34.5 Å². The van der Waals surface area contributed by atoms with E-state index in [-0.39, 0.29) is 40.2 Å². The number of hydrogen-bond acceptors (Lipinski definition) is 9. The summed E-state index contributed by atoms with van der Waals surface area (Å²) >= 11 is 0. The zero-order valence-electron chi connectivity index (χ0n) is 19.7. The van der Waals surface area contributed by atoms with Gasteiger partial charge in [-0.25, -0.2) is 0 Å². The van der Waals surface area contributed by atoms with Gasteiger partial charge in [0.2, 0.25) is 11.2 Å². The summed E-state index contributed by atoms with van der Waals surface area (Å²) in [6.45, 7) is 0. The molecule has 5 rings (SSSR count). The molecule has 2 heterocycles. The first-order valence-electron chi connectivity index (χ1n) is 11.0. The third kappa shape index (κ3) is 3.65.